The maximum atomic E-state index is 12.4. The van der Waals surface area contributed by atoms with Gasteiger partial charge in [0, 0.05) is 29.4 Å². The summed E-state index contributed by atoms with van der Waals surface area (Å²) >= 11 is 0. The van der Waals surface area contributed by atoms with Gasteiger partial charge in [0.05, 0.1) is 11.5 Å². The second-order valence-electron chi connectivity index (χ2n) is 6.76. The van der Waals surface area contributed by atoms with Crippen molar-refractivity contribution < 1.29 is 14.5 Å². The Hall–Kier alpha value is -3.26. The summed E-state index contributed by atoms with van der Waals surface area (Å²) in [6.07, 6.45) is 1.40. The van der Waals surface area contributed by atoms with Crippen LogP contribution in [0.5, 0.6) is 0 Å². The summed E-state index contributed by atoms with van der Waals surface area (Å²) < 4.78 is 0. The second kappa shape index (κ2) is 9.09. The maximum Gasteiger partial charge on any atom is 0.269 e. The van der Waals surface area contributed by atoms with E-state index < -0.39 is 4.92 Å². The van der Waals surface area contributed by atoms with Crippen LogP contribution in [-0.4, -0.2) is 41.3 Å². The van der Waals surface area contributed by atoms with E-state index >= 15 is 0 Å². The molecule has 1 heterocycles. The number of hydrogen-bond acceptors (Lipinski definition) is 5. The molecule has 1 aliphatic heterocycles. The Balaban J connectivity index is 1.42. The fraction of sp³-hybridized carbons (Fsp3) is 0.300. The highest BCUT2D eigenvalue weighted by Gasteiger charge is 2.26. The molecule has 0 unspecified atom stereocenters. The second-order valence-corrected chi connectivity index (χ2v) is 6.76. The van der Waals surface area contributed by atoms with Crippen LogP contribution >= 0.6 is 0 Å². The SMILES string of the molecule is O=C(CN1CCC(C(=O)Nc2ccccc2)CC1)Nc1ccc([N+](=O)[O-])cc1. The molecule has 2 N–H and O–H groups in total. The molecule has 0 radical (unpaired) electrons. The van der Waals surface area contributed by atoms with E-state index in [1.807, 2.05) is 35.2 Å². The molecule has 2 aromatic rings. The molecule has 8 heteroatoms. The largest absolute Gasteiger partial charge is 0.326 e. The monoisotopic (exact) mass is 382 g/mol. The van der Waals surface area contributed by atoms with E-state index in [-0.39, 0.29) is 30.0 Å². The first-order chi connectivity index (χ1) is 13.5. The average molecular weight is 382 g/mol. The lowest BCUT2D eigenvalue weighted by Gasteiger charge is -2.30. The van der Waals surface area contributed by atoms with Crippen LogP contribution in [0.3, 0.4) is 0 Å². The highest BCUT2D eigenvalue weighted by molar-refractivity contribution is 5.93. The summed E-state index contributed by atoms with van der Waals surface area (Å²) in [6, 6.07) is 15.1. The zero-order chi connectivity index (χ0) is 19.9. The number of anilines is 2. The highest BCUT2D eigenvalue weighted by Crippen LogP contribution is 2.20. The summed E-state index contributed by atoms with van der Waals surface area (Å²) in [5.41, 5.74) is 1.29. The smallest absolute Gasteiger partial charge is 0.269 e. The zero-order valence-corrected chi connectivity index (χ0v) is 15.3. The third-order valence-corrected chi connectivity index (χ3v) is 4.73. The molecular weight excluding hydrogens is 360 g/mol. The molecule has 8 nitrogen and oxygen atoms in total. The van der Waals surface area contributed by atoms with Gasteiger partial charge in [0.2, 0.25) is 11.8 Å². The van der Waals surface area contributed by atoms with Crippen molar-refractivity contribution in [2.75, 3.05) is 30.3 Å². The number of nitro benzene ring substituents is 1. The van der Waals surface area contributed by atoms with Crippen LogP contribution in [0, 0.1) is 16.0 Å². The van der Waals surface area contributed by atoms with Crippen molar-refractivity contribution in [3.8, 4) is 0 Å². The summed E-state index contributed by atoms with van der Waals surface area (Å²) in [6.45, 7) is 1.56. The van der Waals surface area contributed by atoms with Gasteiger partial charge >= 0.3 is 0 Å². The first-order valence-corrected chi connectivity index (χ1v) is 9.14. The average Bonchev–Trinajstić information content (AvgIpc) is 2.69. The minimum absolute atomic E-state index is 0.0150. The van der Waals surface area contributed by atoms with Gasteiger partial charge in [-0.3, -0.25) is 24.6 Å². The third-order valence-electron chi connectivity index (χ3n) is 4.73. The van der Waals surface area contributed by atoms with Crippen LogP contribution in [0.25, 0.3) is 0 Å². The summed E-state index contributed by atoms with van der Waals surface area (Å²) in [4.78, 5) is 36.7. The van der Waals surface area contributed by atoms with Crippen molar-refractivity contribution in [1.29, 1.82) is 0 Å². The van der Waals surface area contributed by atoms with Crippen LogP contribution in [0.4, 0.5) is 17.1 Å². The Morgan fingerprint density at radius 2 is 1.57 bits per heavy atom. The highest BCUT2D eigenvalue weighted by atomic mass is 16.6. The molecule has 1 saturated heterocycles. The molecule has 1 fully saturated rings. The van der Waals surface area contributed by atoms with Crippen molar-refractivity contribution in [2.24, 2.45) is 5.92 Å². The van der Waals surface area contributed by atoms with Gasteiger partial charge in [-0.25, -0.2) is 0 Å². The van der Waals surface area contributed by atoms with Crippen molar-refractivity contribution >= 4 is 28.9 Å². The number of para-hydroxylation sites is 1. The summed E-state index contributed by atoms with van der Waals surface area (Å²) in [7, 11) is 0. The topological polar surface area (TPSA) is 105 Å². The lowest BCUT2D eigenvalue weighted by Crippen LogP contribution is -2.41. The standard InChI is InChI=1S/C20H22N4O4/c25-19(21-17-6-8-18(9-7-17)24(27)28)14-23-12-10-15(11-13-23)20(26)22-16-4-2-1-3-5-16/h1-9,15H,10-14H2,(H,21,25)(H,22,26). The van der Waals surface area contributed by atoms with Gasteiger partial charge in [0.1, 0.15) is 0 Å². The number of nitrogens with one attached hydrogen (secondary N) is 2. The van der Waals surface area contributed by atoms with E-state index in [9.17, 15) is 19.7 Å². The first kappa shape index (κ1) is 19.5. The molecule has 3 rings (SSSR count). The maximum absolute atomic E-state index is 12.4. The fourth-order valence-corrected chi connectivity index (χ4v) is 3.19. The quantitative estimate of drug-likeness (QED) is 0.590. The number of nitro groups is 1. The van der Waals surface area contributed by atoms with E-state index in [0.29, 0.717) is 31.6 Å². The van der Waals surface area contributed by atoms with Crippen LogP contribution in [0.1, 0.15) is 12.8 Å². The predicted molar refractivity (Wildman–Crippen MR) is 106 cm³/mol. The number of hydrogen-bond donors (Lipinski definition) is 2. The number of benzene rings is 2. The number of nitrogens with zero attached hydrogens (tertiary/aromatic N) is 2. The molecule has 0 saturated carbocycles. The lowest BCUT2D eigenvalue weighted by atomic mass is 9.96. The molecule has 0 atom stereocenters. The Labute approximate surface area is 162 Å². The van der Waals surface area contributed by atoms with Crippen LogP contribution in [0.15, 0.2) is 54.6 Å². The van der Waals surface area contributed by atoms with Crippen LogP contribution in [-0.2, 0) is 9.59 Å². The van der Waals surface area contributed by atoms with E-state index in [2.05, 4.69) is 10.6 Å². The Bertz CT molecular complexity index is 831. The molecule has 0 aliphatic carbocycles. The number of non-ortho nitro benzene ring substituents is 1. The molecule has 2 aromatic carbocycles. The van der Waals surface area contributed by atoms with Gasteiger partial charge in [-0.15, -0.1) is 0 Å². The number of rotatable bonds is 6. The number of likely N-dealkylation sites (tertiary alicyclic amines) is 1. The number of carbonyl (C=O) groups is 2. The molecule has 0 spiro atoms. The molecule has 0 aromatic heterocycles. The number of carbonyl (C=O) groups excluding carboxylic acids is 2. The summed E-state index contributed by atoms with van der Waals surface area (Å²) in [5.74, 6) is -0.226. The Morgan fingerprint density at radius 3 is 2.18 bits per heavy atom. The molecule has 28 heavy (non-hydrogen) atoms. The third kappa shape index (κ3) is 5.37. The van der Waals surface area contributed by atoms with Crippen LogP contribution < -0.4 is 10.6 Å². The molecule has 2 amide bonds. The van der Waals surface area contributed by atoms with Gasteiger partial charge in [0.25, 0.3) is 5.69 Å². The van der Waals surface area contributed by atoms with Crippen molar-refractivity contribution in [3.63, 3.8) is 0 Å². The first-order valence-electron chi connectivity index (χ1n) is 9.14. The minimum atomic E-state index is -0.482. The van der Waals surface area contributed by atoms with Gasteiger partial charge in [0.15, 0.2) is 0 Å². The Kier molecular flexibility index (Phi) is 6.33. The van der Waals surface area contributed by atoms with Crippen molar-refractivity contribution in [2.45, 2.75) is 12.8 Å². The van der Waals surface area contributed by atoms with Gasteiger partial charge in [-0.2, -0.15) is 0 Å². The number of amides is 2. The predicted octanol–water partition coefficient (Wildman–Crippen LogP) is 2.88. The minimum Gasteiger partial charge on any atom is -0.326 e. The molecule has 0 bridgehead atoms. The lowest BCUT2D eigenvalue weighted by molar-refractivity contribution is -0.384. The molecule has 146 valence electrons. The van der Waals surface area contributed by atoms with Crippen molar-refractivity contribution in [1.82, 2.24) is 4.90 Å². The van der Waals surface area contributed by atoms with Gasteiger partial charge < -0.3 is 10.6 Å². The van der Waals surface area contributed by atoms with Crippen LogP contribution in [0.2, 0.25) is 0 Å². The van der Waals surface area contributed by atoms with Gasteiger partial charge in [-0.1, -0.05) is 18.2 Å². The zero-order valence-electron chi connectivity index (χ0n) is 15.3. The normalized spacial score (nSPS) is 15.0. The fourth-order valence-electron chi connectivity index (χ4n) is 3.19. The van der Waals surface area contributed by atoms with E-state index in [0.717, 1.165) is 5.69 Å². The van der Waals surface area contributed by atoms with Gasteiger partial charge in [-0.05, 0) is 50.2 Å². The van der Waals surface area contributed by atoms with Crippen molar-refractivity contribution in [3.05, 3.63) is 64.7 Å². The number of piperidine rings is 1. The molecular formula is C20H22N4O4. The van der Waals surface area contributed by atoms with E-state index in [4.69, 9.17) is 0 Å². The van der Waals surface area contributed by atoms with E-state index in [1.165, 1.54) is 24.3 Å². The Morgan fingerprint density at radius 1 is 0.964 bits per heavy atom. The summed E-state index contributed by atoms with van der Waals surface area (Å²) in [5, 5.41) is 16.3. The van der Waals surface area contributed by atoms with E-state index in [1.54, 1.807) is 0 Å². The molecule has 1 aliphatic rings.